The van der Waals surface area contributed by atoms with E-state index in [0.29, 0.717) is 47.6 Å². The van der Waals surface area contributed by atoms with Crippen LogP contribution in [0.1, 0.15) is 27.3 Å². The maximum absolute atomic E-state index is 13.4. The number of benzene rings is 3. The van der Waals surface area contributed by atoms with Crippen LogP contribution in [0.3, 0.4) is 0 Å². The summed E-state index contributed by atoms with van der Waals surface area (Å²) < 4.78 is 39.9. The van der Waals surface area contributed by atoms with E-state index >= 15 is 0 Å². The number of aromatic nitrogens is 2. The van der Waals surface area contributed by atoms with E-state index in [4.69, 9.17) is 18.9 Å². The Morgan fingerprint density at radius 1 is 0.950 bits per heavy atom. The smallest absolute Gasteiger partial charge is 0.298 e. The molecule has 1 amide bonds. The lowest BCUT2D eigenvalue weighted by molar-refractivity contribution is 0.0628. The van der Waals surface area contributed by atoms with Gasteiger partial charge in [0.15, 0.2) is 28.8 Å². The fourth-order valence-corrected chi connectivity index (χ4v) is 5.27. The molecule has 1 saturated heterocycles. The van der Waals surface area contributed by atoms with E-state index < -0.39 is 0 Å². The van der Waals surface area contributed by atoms with Crippen molar-refractivity contribution in [2.75, 3.05) is 40.1 Å². The molecule has 0 atom stereocenters. The molecule has 11 heteroatoms. The molecule has 3 heterocycles. The van der Waals surface area contributed by atoms with Crippen molar-refractivity contribution in [2.24, 2.45) is 0 Å². The van der Waals surface area contributed by atoms with E-state index in [2.05, 4.69) is 14.3 Å². The van der Waals surface area contributed by atoms with Crippen molar-refractivity contribution in [2.45, 2.75) is 13.0 Å². The van der Waals surface area contributed by atoms with Gasteiger partial charge in [0.2, 0.25) is 6.79 Å². The third-order valence-electron chi connectivity index (χ3n) is 6.84. The molecule has 0 radical (unpaired) electrons. The van der Waals surface area contributed by atoms with E-state index in [-0.39, 0.29) is 18.5 Å². The first-order chi connectivity index (χ1) is 19.5. The molecular formula is C29H27FN4O5S. The van der Waals surface area contributed by atoms with E-state index in [1.165, 1.54) is 12.1 Å². The van der Waals surface area contributed by atoms with Crippen LogP contribution < -0.4 is 18.9 Å². The number of nitrogens with zero attached hydrogens (tertiary/aromatic N) is 4. The third kappa shape index (κ3) is 5.85. The second kappa shape index (κ2) is 11.5. The molecule has 6 rings (SSSR count). The Labute approximate surface area is 234 Å². The summed E-state index contributed by atoms with van der Waals surface area (Å²) in [6, 6.07) is 17.4. The minimum atomic E-state index is -0.288. The van der Waals surface area contributed by atoms with Crippen molar-refractivity contribution in [1.82, 2.24) is 19.2 Å². The maximum Gasteiger partial charge on any atom is 0.298 e. The monoisotopic (exact) mass is 562 g/mol. The highest BCUT2D eigenvalue weighted by atomic mass is 32.1. The molecule has 0 N–H and O–H groups in total. The highest BCUT2D eigenvalue weighted by Gasteiger charge is 2.24. The van der Waals surface area contributed by atoms with Gasteiger partial charge in [-0.25, -0.2) is 4.39 Å². The first-order valence-electron chi connectivity index (χ1n) is 12.9. The highest BCUT2D eigenvalue weighted by molar-refractivity contribution is 7.07. The average molecular weight is 563 g/mol. The van der Waals surface area contributed by atoms with Crippen LogP contribution in [-0.4, -0.2) is 65.1 Å². The number of ether oxygens (including phenoxy) is 4. The Morgan fingerprint density at radius 3 is 2.52 bits per heavy atom. The van der Waals surface area contributed by atoms with E-state index in [1.54, 1.807) is 37.4 Å². The predicted molar refractivity (Wildman–Crippen MR) is 146 cm³/mol. The number of carbonyl (C=O) groups excluding carboxylic acids is 1. The lowest BCUT2D eigenvalue weighted by Crippen LogP contribution is -2.48. The number of methoxy groups -OCH3 is 1. The standard InChI is InChI=1S/C29H27FN4O5S/c1-36-23-9-5-21(16-26(23)39-29-31-27(32-40-29)15-19-2-6-22(30)7-3-19)28(35)34-12-10-33(11-13-34)17-20-4-8-24-25(14-20)38-18-37-24/h2-9,14,16H,10-13,15,17-18H2,1H3. The third-order valence-corrected chi connectivity index (χ3v) is 7.47. The fourth-order valence-electron chi connectivity index (χ4n) is 4.71. The zero-order valence-electron chi connectivity index (χ0n) is 21.8. The zero-order valence-corrected chi connectivity index (χ0v) is 22.7. The van der Waals surface area contributed by atoms with Gasteiger partial charge >= 0.3 is 0 Å². The molecule has 9 nitrogen and oxygen atoms in total. The Bertz CT molecular complexity index is 1500. The molecular weight excluding hydrogens is 535 g/mol. The minimum absolute atomic E-state index is 0.0653. The van der Waals surface area contributed by atoms with Crippen LogP contribution in [-0.2, 0) is 13.0 Å². The molecule has 4 aromatic rings. The Hall–Kier alpha value is -4.22. The van der Waals surface area contributed by atoms with Gasteiger partial charge < -0.3 is 23.8 Å². The summed E-state index contributed by atoms with van der Waals surface area (Å²) in [6.45, 7) is 3.81. The average Bonchev–Trinajstić information content (AvgIpc) is 3.63. The van der Waals surface area contributed by atoms with Crippen LogP contribution in [0.2, 0.25) is 0 Å². The molecule has 0 bridgehead atoms. The highest BCUT2D eigenvalue weighted by Crippen LogP contribution is 2.34. The molecule has 0 spiro atoms. The predicted octanol–water partition coefficient (Wildman–Crippen LogP) is 4.76. The topological polar surface area (TPSA) is 86.3 Å². The van der Waals surface area contributed by atoms with Crippen LogP contribution in [0.4, 0.5) is 4.39 Å². The SMILES string of the molecule is COc1ccc(C(=O)N2CCN(Cc3ccc4c(c3)OCO4)CC2)cc1Oc1nc(Cc2ccc(F)cc2)ns1. The van der Waals surface area contributed by atoms with Crippen molar-refractivity contribution < 1.29 is 28.1 Å². The first kappa shape index (κ1) is 26.0. The molecule has 2 aliphatic heterocycles. The van der Waals surface area contributed by atoms with E-state index in [0.717, 1.165) is 53.8 Å². The largest absolute Gasteiger partial charge is 0.493 e. The summed E-state index contributed by atoms with van der Waals surface area (Å²) in [5.41, 5.74) is 2.56. The van der Waals surface area contributed by atoms with Crippen LogP contribution >= 0.6 is 11.5 Å². The Morgan fingerprint density at radius 2 is 1.73 bits per heavy atom. The van der Waals surface area contributed by atoms with Gasteiger partial charge in [0.25, 0.3) is 11.1 Å². The molecule has 0 aliphatic carbocycles. The lowest BCUT2D eigenvalue weighted by atomic mass is 10.1. The normalized spacial score (nSPS) is 14.8. The van der Waals surface area contributed by atoms with Crippen LogP contribution in [0.25, 0.3) is 0 Å². The molecule has 1 fully saturated rings. The van der Waals surface area contributed by atoms with Gasteiger partial charge in [-0.05, 0) is 53.6 Å². The fraction of sp³-hybridized carbons (Fsp3) is 0.276. The van der Waals surface area contributed by atoms with E-state index in [9.17, 15) is 9.18 Å². The van der Waals surface area contributed by atoms with Crippen molar-refractivity contribution in [1.29, 1.82) is 0 Å². The Kier molecular flexibility index (Phi) is 7.47. The van der Waals surface area contributed by atoms with Gasteiger partial charge in [-0.1, -0.05) is 18.2 Å². The number of halogens is 1. The van der Waals surface area contributed by atoms with Gasteiger partial charge in [-0.15, -0.1) is 0 Å². The summed E-state index contributed by atoms with van der Waals surface area (Å²) in [7, 11) is 1.54. The van der Waals surface area contributed by atoms with Crippen molar-refractivity contribution in [3.8, 4) is 28.2 Å². The van der Waals surface area contributed by atoms with Gasteiger partial charge in [0, 0.05) is 56.2 Å². The molecule has 2 aliphatic rings. The lowest BCUT2D eigenvalue weighted by Gasteiger charge is -2.34. The zero-order chi connectivity index (χ0) is 27.5. The number of carbonyl (C=O) groups is 1. The number of hydrogen-bond acceptors (Lipinski definition) is 9. The molecule has 3 aromatic carbocycles. The molecule has 1 aromatic heterocycles. The van der Waals surface area contributed by atoms with Crippen molar-refractivity contribution >= 4 is 17.4 Å². The van der Waals surface area contributed by atoms with Crippen LogP contribution in [0, 0.1) is 5.82 Å². The van der Waals surface area contributed by atoms with Crippen LogP contribution in [0.15, 0.2) is 60.7 Å². The summed E-state index contributed by atoms with van der Waals surface area (Å²) in [4.78, 5) is 22.0. The molecule has 0 saturated carbocycles. The van der Waals surface area contributed by atoms with Gasteiger partial charge in [0.1, 0.15) is 5.82 Å². The number of hydrogen-bond donors (Lipinski definition) is 0. The number of fused-ring (bicyclic) bond motifs is 1. The van der Waals surface area contributed by atoms with Crippen molar-refractivity contribution in [3.63, 3.8) is 0 Å². The van der Waals surface area contributed by atoms with Crippen molar-refractivity contribution in [3.05, 3.63) is 89.0 Å². The van der Waals surface area contributed by atoms with E-state index in [1.807, 2.05) is 23.1 Å². The molecule has 40 heavy (non-hydrogen) atoms. The second-order valence-electron chi connectivity index (χ2n) is 9.50. The molecule has 206 valence electrons. The number of rotatable bonds is 8. The first-order valence-corrected chi connectivity index (χ1v) is 13.6. The summed E-state index contributed by atoms with van der Waals surface area (Å²) in [6.07, 6.45) is 0.455. The molecule has 0 unspecified atom stereocenters. The summed E-state index contributed by atoms with van der Waals surface area (Å²) in [5, 5.41) is 0.331. The van der Waals surface area contributed by atoms with Gasteiger partial charge in [-0.3, -0.25) is 9.69 Å². The van der Waals surface area contributed by atoms with Gasteiger partial charge in [0.05, 0.1) is 7.11 Å². The quantitative estimate of drug-likeness (QED) is 0.304. The summed E-state index contributed by atoms with van der Waals surface area (Å²) in [5.74, 6) is 2.64. The second-order valence-corrected chi connectivity index (χ2v) is 10.2. The minimum Gasteiger partial charge on any atom is -0.493 e. The maximum atomic E-state index is 13.4. The van der Waals surface area contributed by atoms with Gasteiger partial charge in [-0.2, -0.15) is 9.36 Å². The van der Waals surface area contributed by atoms with Crippen LogP contribution in [0.5, 0.6) is 28.2 Å². The number of amides is 1. The Balaban J connectivity index is 1.08. The number of piperazine rings is 1. The summed E-state index contributed by atoms with van der Waals surface area (Å²) >= 11 is 1.11.